The normalized spacial score (nSPS) is 9.67. The molecule has 0 heterocycles. The van der Waals surface area contributed by atoms with E-state index < -0.39 is 0 Å². The number of rotatable bonds is 2. The zero-order valence-corrected chi connectivity index (χ0v) is 9.61. The SMILES string of the molecule is CC.CON=C(C#N)c1ccccc1C. The summed E-state index contributed by atoms with van der Waals surface area (Å²) in [4.78, 5) is 4.57. The van der Waals surface area contributed by atoms with Gasteiger partial charge in [0, 0.05) is 5.56 Å². The highest BCUT2D eigenvalue weighted by Crippen LogP contribution is 2.08. The van der Waals surface area contributed by atoms with Gasteiger partial charge in [-0.15, -0.1) is 0 Å². The Kier molecular flexibility index (Phi) is 6.65. The summed E-state index contributed by atoms with van der Waals surface area (Å²) in [5.41, 5.74) is 2.13. The second-order valence-corrected chi connectivity index (χ2v) is 2.55. The van der Waals surface area contributed by atoms with Crippen molar-refractivity contribution in [2.45, 2.75) is 20.8 Å². The average Bonchev–Trinajstić information content (AvgIpc) is 2.30. The summed E-state index contributed by atoms with van der Waals surface area (Å²) in [6.07, 6.45) is 0. The smallest absolute Gasteiger partial charge is 0.187 e. The van der Waals surface area contributed by atoms with Crippen LogP contribution in [0.25, 0.3) is 0 Å². The third-order valence-corrected chi connectivity index (χ3v) is 1.69. The molecule has 0 aromatic heterocycles. The lowest BCUT2D eigenvalue weighted by Gasteiger charge is -2.00. The lowest BCUT2D eigenvalue weighted by molar-refractivity contribution is 0.214. The van der Waals surface area contributed by atoms with Crippen molar-refractivity contribution < 1.29 is 4.84 Å². The van der Waals surface area contributed by atoms with Crippen LogP contribution in [-0.4, -0.2) is 12.8 Å². The second kappa shape index (κ2) is 7.57. The van der Waals surface area contributed by atoms with Crippen molar-refractivity contribution in [2.24, 2.45) is 5.16 Å². The van der Waals surface area contributed by atoms with E-state index in [9.17, 15) is 0 Å². The minimum absolute atomic E-state index is 0.306. The minimum atomic E-state index is 0.306. The molecule has 0 amide bonds. The predicted molar refractivity (Wildman–Crippen MR) is 61.7 cm³/mol. The summed E-state index contributed by atoms with van der Waals surface area (Å²) in [7, 11) is 1.43. The summed E-state index contributed by atoms with van der Waals surface area (Å²) < 4.78 is 0. The molecule has 1 aromatic rings. The Morgan fingerprint density at radius 1 is 1.33 bits per heavy atom. The molecule has 0 radical (unpaired) electrons. The van der Waals surface area contributed by atoms with Crippen LogP contribution in [0.15, 0.2) is 29.4 Å². The van der Waals surface area contributed by atoms with E-state index in [-0.39, 0.29) is 0 Å². The van der Waals surface area contributed by atoms with Gasteiger partial charge in [-0.2, -0.15) is 5.26 Å². The van der Waals surface area contributed by atoms with E-state index in [1.165, 1.54) is 7.11 Å². The highest BCUT2D eigenvalue weighted by atomic mass is 16.6. The molecule has 0 spiro atoms. The summed E-state index contributed by atoms with van der Waals surface area (Å²) in [6, 6.07) is 9.54. The van der Waals surface area contributed by atoms with E-state index in [0.29, 0.717) is 5.71 Å². The maximum absolute atomic E-state index is 8.77. The van der Waals surface area contributed by atoms with Crippen LogP contribution < -0.4 is 0 Å². The lowest BCUT2D eigenvalue weighted by Crippen LogP contribution is -2.00. The standard InChI is InChI=1S/C10H10N2O.C2H6/c1-8-5-3-4-6-9(8)10(7-11)12-13-2;1-2/h3-6H,1-2H3;1-2H3. The summed E-state index contributed by atoms with van der Waals surface area (Å²) in [5, 5.41) is 12.4. The lowest BCUT2D eigenvalue weighted by atomic mass is 10.1. The molecule has 1 rings (SSSR count). The van der Waals surface area contributed by atoms with E-state index in [0.717, 1.165) is 11.1 Å². The third kappa shape index (κ3) is 3.82. The van der Waals surface area contributed by atoms with Gasteiger partial charge in [-0.3, -0.25) is 0 Å². The van der Waals surface area contributed by atoms with Crippen molar-refractivity contribution in [1.29, 1.82) is 5.26 Å². The maximum Gasteiger partial charge on any atom is 0.187 e. The first kappa shape index (κ1) is 13.2. The molecule has 0 aliphatic heterocycles. The van der Waals surface area contributed by atoms with Gasteiger partial charge >= 0.3 is 0 Å². The van der Waals surface area contributed by atoms with Crippen LogP contribution in [0.5, 0.6) is 0 Å². The van der Waals surface area contributed by atoms with Crippen molar-refractivity contribution in [2.75, 3.05) is 7.11 Å². The molecular weight excluding hydrogens is 188 g/mol. The van der Waals surface area contributed by atoms with Gasteiger partial charge < -0.3 is 4.84 Å². The second-order valence-electron chi connectivity index (χ2n) is 2.55. The monoisotopic (exact) mass is 204 g/mol. The van der Waals surface area contributed by atoms with E-state index in [1.54, 1.807) is 0 Å². The van der Waals surface area contributed by atoms with Gasteiger partial charge in [-0.05, 0) is 12.5 Å². The van der Waals surface area contributed by atoms with Crippen LogP contribution in [-0.2, 0) is 4.84 Å². The molecule has 15 heavy (non-hydrogen) atoms. The van der Waals surface area contributed by atoms with Crippen molar-refractivity contribution in [1.82, 2.24) is 0 Å². The highest BCUT2D eigenvalue weighted by Gasteiger charge is 2.04. The number of oxime groups is 1. The Morgan fingerprint density at radius 3 is 2.40 bits per heavy atom. The molecule has 0 aliphatic rings. The first-order chi connectivity index (χ1) is 7.29. The summed E-state index contributed by atoms with van der Waals surface area (Å²) >= 11 is 0. The van der Waals surface area contributed by atoms with Crippen LogP contribution in [0.1, 0.15) is 25.0 Å². The van der Waals surface area contributed by atoms with Crippen molar-refractivity contribution >= 4 is 5.71 Å². The van der Waals surface area contributed by atoms with E-state index in [2.05, 4.69) is 9.99 Å². The molecule has 80 valence electrons. The van der Waals surface area contributed by atoms with Crippen LogP contribution in [0.2, 0.25) is 0 Å². The third-order valence-electron chi connectivity index (χ3n) is 1.69. The molecule has 0 unspecified atom stereocenters. The molecule has 0 N–H and O–H groups in total. The molecule has 0 aliphatic carbocycles. The Balaban J connectivity index is 0.000000921. The predicted octanol–water partition coefficient (Wildman–Crippen LogP) is 2.90. The minimum Gasteiger partial charge on any atom is -0.398 e. The highest BCUT2D eigenvalue weighted by molar-refractivity contribution is 6.12. The first-order valence-corrected chi connectivity index (χ1v) is 4.87. The van der Waals surface area contributed by atoms with Crippen molar-refractivity contribution in [3.8, 4) is 6.07 Å². The molecular formula is C12H16N2O. The van der Waals surface area contributed by atoms with Gasteiger partial charge in [-0.25, -0.2) is 0 Å². The van der Waals surface area contributed by atoms with Crippen LogP contribution in [0, 0.1) is 18.3 Å². The Morgan fingerprint density at radius 2 is 1.93 bits per heavy atom. The van der Waals surface area contributed by atoms with Gasteiger partial charge in [0.25, 0.3) is 0 Å². The summed E-state index contributed by atoms with van der Waals surface area (Å²) in [6.45, 7) is 5.93. The zero-order valence-electron chi connectivity index (χ0n) is 9.61. The van der Waals surface area contributed by atoms with Crippen LogP contribution in [0.4, 0.5) is 0 Å². The Labute approximate surface area is 91.0 Å². The molecule has 3 heteroatoms. The van der Waals surface area contributed by atoms with E-state index in [4.69, 9.17) is 5.26 Å². The fraction of sp³-hybridized carbons (Fsp3) is 0.333. The fourth-order valence-corrected chi connectivity index (χ4v) is 1.06. The number of hydrogen-bond acceptors (Lipinski definition) is 3. The van der Waals surface area contributed by atoms with Crippen molar-refractivity contribution in [3.05, 3.63) is 35.4 Å². The van der Waals surface area contributed by atoms with Crippen LogP contribution in [0.3, 0.4) is 0 Å². The largest absolute Gasteiger partial charge is 0.398 e. The first-order valence-electron chi connectivity index (χ1n) is 4.87. The number of aryl methyl sites for hydroxylation is 1. The molecule has 1 aromatic carbocycles. The van der Waals surface area contributed by atoms with Gasteiger partial charge in [0.1, 0.15) is 13.2 Å². The van der Waals surface area contributed by atoms with E-state index >= 15 is 0 Å². The quantitative estimate of drug-likeness (QED) is 0.549. The Bertz CT molecular complexity index is 364. The average molecular weight is 204 g/mol. The molecule has 0 saturated carbocycles. The van der Waals surface area contributed by atoms with Gasteiger partial charge in [0.05, 0.1) is 0 Å². The van der Waals surface area contributed by atoms with Gasteiger partial charge in [-0.1, -0.05) is 43.3 Å². The number of nitrogens with zero attached hydrogens (tertiary/aromatic N) is 2. The topological polar surface area (TPSA) is 45.4 Å². The van der Waals surface area contributed by atoms with Crippen LogP contribution >= 0.6 is 0 Å². The van der Waals surface area contributed by atoms with E-state index in [1.807, 2.05) is 51.1 Å². The fourth-order valence-electron chi connectivity index (χ4n) is 1.06. The van der Waals surface area contributed by atoms with Crippen molar-refractivity contribution in [3.63, 3.8) is 0 Å². The number of nitriles is 1. The molecule has 0 bridgehead atoms. The van der Waals surface area contributed by atoms with Gasteiger partial charge in [0.2, 0.25) is 0 Å². The molecule has 0 saturated heterocycles. The summed E-state index contributed by atoms with van der Waals surface area (Å²) in [5.74, 6) is 0. The number of benzene rings is 1. The zero-order chi connectivity index (χ0) is 11.7. The maximum atomic E-state index is 8.77. The molecule has 0 fully saturated rings. The Hall–Kier alpha value is -1.82. The number of hydrogen-bond donors (Lipinski definition) is 0. The molecule has 3 nitrogen and oxygen atoms in total. The van der Waals surface area contributed by atoms with Gasteiger partial charge in [0.15, 0.2) is 5.71 Å². The molecule has 0 atom stereocenters.